The molecule has 0 heterocycles. The maximum Gasteiger partial charge on any atom is 0.251 e. The summed E-state index contributed by atoms with van der Waals surface area (Å²) >= 11 is 0. The van der Waals surface area contributed by atoms with Crippen molar-refractivity contribution in [1.82, 2.24) is 5.32 Å². The fraction of sp³-hybridized carbons (Fsp3) is 0.562. The van der Waals surface area contributed by atoms with Gasteiger partial charge in [0.05, 0.1) is 5.60 Å². The molecular weight excluding hydrogens is 238 g/mol. The predicted molar refractivity (Wildman–Crippen MR) is 76.2 cm³/mol. The maximum absolute atomic E-state index is 12.0. The van der Waals surface area contributed by atoms with E-state index in [9.17, 15) is 9.90 Å². The van der Waals surface area contributed by atoms with Crippen LogP contribution in [0.25, 0.3) is 0 Å². The molecule has 0 bridgehead atoms. The molecule has 104 valence electrons. The number of carbonyl (C=O) groups excluding carboxylic acids is 1. The molecular formula is C16H23NO2. The van der Waals surface area contributed by atoms with Crippen molar-refractivity contribution in [2.45, 2.75) is 51.0 Å². The van der Waals surface area contributed by atoms with Gasteiger partial charge in [0.2, 0.25) is 0 Å². The zero-order chi connectivity index (χ0) is 13.7. The number of hydrogen-bond donors (Lipinski definition) is 2. The van der Waals surface area contributed by atoms with Gasteiger partial charge in [-0.1, -0.05) is 43.4 Å². The molecule has 2 rings (SSSR count). The number of rotatable bonds is 3. The molecule has 3 heteroatoms. The number of amides is 1. The van der Waals surface area contributed by atoms with E-state index < -0.39 is 5.60 Å². The largest absolute Gasteiger partial charge is 0.388 e. The van der Waals surface area contributed by atoms with Crippen LogP contribution in [0.1, 0.15) is 54.4 Å². The molecule has 1 aromatic carbocycles. The molecule has 1 amide bonds. The van der Waals surface area contributed by atoms with Crippen molar-refractivity contribution >= 4 is 5.91 Å². The second-order valence-corrected chi connectivity index (χ2v) is 5.69. The van der Waals surface area contributed by atoms with E-state index in [0.717, 1.165) is 31.2 Å². The van der Waals surface area contributed by atoms with Gasteiger partial charge in [0.1, 0.15) is 0 Å². The molecule has 19 heavy (non-hydrogen) atoms. The smallest absolute Gasteiger partial charge is 0.251 e. The summed E-state index contributed by atoms with van der Waals surface area (Å²) in [5.74, 6) is -0.0994. The normalized spacial score (nSPS) is 18.6. The van der Waals surface area contributed by atoms with Crippen LogP contribution < -0.4 is 5.32 Å². The van der Waals surface area contributed by atoms with E-state index >= 15 is 0 Å². The Morgan fingerprint density at radius 1 is 1.16 bits per heavy atom. The van der Waals surface area contributed by atoms with Crippen LogP contribution >= 0.6 is 0 Å². The van der Waals surface area contributed by atoms with Crippen LogP contribution in [0.5, 0.6) is 0 Å². The third kappa shape index (κ3) is 4.06. The Kier molecular flexibility index (Phi) is 4.59. The lowest BCUT2D eigenvalue weighted by Crippen LogP contribution is -2.42. The zero-order valence-electron chi connectivity index (χ0n) is 11.6. The van der Waals surface area contributed by atoms with Gasteiger partial charge in [0.25, 0.3) is 5.91 Å². The first kappa shape index (κ1) is 14.1. The summed E-state index contributed by atoms with van der Waals surface area (Å²) in [6.07, 6.45) is 6.07. The number of aryl methyl sites for hydroxylation is 1. The molecule has 1 saturated carbocycles. The molecule has 1 aliphatic rings. The highest BCUT2D eigenvalue weighted by molar-refractivity contribution is 5.94. The summed E-state index contributed by atoms with van der Waals surface area (Å²) in [5, 5.41) is 13.3. The van der Waals surface area contributed by atoms with E-state index in [1.165, 1.54) is 12.8 Å². The Bertz CT molecular complexity index is 417. The molecule has 0 spiro atoms. The second kappa shape index (κ2) is 6.20. The topological polar surface area (TPSA) is 49.3 Å². The molecule has 0 atom stereocenters. The van der Waals surface area contributed by atoms with Crippen LogP contribution in [0.15, 0.2) is 24.3 Å². The van der Waals surface area contributed by atoms with Gasteiger partial charge in [-0.05, 0) is 31.9 Å². The highest BCUT2D eigenvalue weighted by Crippen LogP contribution is 2.26. The minimum atomic E-state index is -0.711. The molecule has 1 fully saturated rings. The number of aliphatic hydroxyl groups is 1. The Morgan fingerprint density at radius 3 is 2.32 bits per heavy atom. The highest BCUT2D eigenvalue weighted by Gasteiger charge is 2.28. The van der Waals surface area contributed by atoms with Gasteiger partial charge in [-0.3, -0.25) is 4.79 Å². The van der Waals surface area contributed by atoms with E-state index in [2.05, 4.69) is 5.32 Å². The fourth-order valence-electron chi connectivity index (χ4n) is 2.62. The number of hydrogen-bond acceptors (Lipinski definition) is 2. The quantitative estimate of drug-likeness (QED) is 0.822. The fourth-order valence-corrected chi connectivity index (χ4v) is 2.62. The molecule has 3 nitrogen and oxygen atoms in total. The number of carbonyl (C=O) groups is 1. The van der Waals surface area contributed by atoms with Gasteiger partial charge in [-0.25, -0.2) is 0 Å². The van der Waals surface area contributed by atoms with Gasteiger partial charge >= 0.3 is 0 Å². The van der Waals surface area contributed by atoms with E-state index in [-0.39, 0.29) is 5.91 Å². The van der Waals surface area contributed by atoms with Gasteiger partial charge < -0.3 is 10.4 Å². The van der Waals surface area contributed by atoms with Gasteiger partial charge in [-0.15, -0.1) is 0 Å². The lowest BCUT2D eigenvalue weighted by molar-refractivity contribution is 0.0246. The minimum Gasteiger partial charge on any atom is -0.388 e. The monoisotopic (exact) mass is 261 g/mol. The van der Waals surface area contributed by atoms with Crippen molar-refractivity contribution in [1.29, 1.82) is 0 Å². The van der Waals surface area contributed by atoms with Crippen molar-refractivity contribution in [2.75, 3.05) is 6.54 Å². The third-order valence-corrected chi connectivity index (χ3v) is 3.93. The van der Waals surface area contributed by atoms with Crippen LogP contribution in [0.3, 0.4) is 0 Å². The molecule has 0 aliphatic heterocycles. The van der Waals surface area contributed by atoms with Crippen molar-refractivity contribution in [3.05, 3.63) is 35.4 Å². The molecule has 0 unspecified atom stereocenters. The van der Waals surface area contributed by atoms with E-state index in [0.29, 0.717) is 12.1 Å². The van der Waals surface area contributed by atoms with Crippen LogP contribution in [0, 0.1) is 6.92 Å². The maximum atomic E-state index is 12.0. The summed E-state index contributed by atoms with van der Waals surface area (Å²) in [5.41, 5.74) is 1.08. The average Bonchev–Trinajstić information content (AvgIpc) is 2.62. The first-order valence-electron chi connectivity index (χ1n) is 7.16. The summed E-state index contributed by atoms with van der Waals surface area (Å²) in [4.78, 5) is 12.0. The van der Waals surface area contributed by atoms with Crippen molar-refractivity contribution in [2.24, 2.45) is 0 Å². The van der Waals surface area contributed by atoms with Gasteiger partial charge in [0.15, 0.2) is 0 Å². The molecule has 2 N–H and O–H groups in total. The van der Waals surface area contributed by atoms with E-state index in [4.69, 9.17) is 0 Å². The summed E-state index contributed by atoms with van der Waals surface area (Å²) in [6.45, 7) is 2.36. The molecule has 0 aromatic heterocycles. The predicted octanol–water partition coefficient (Wildman–Crippen LogP) is 2.81. The van der Waals surface area contributed by atoms with Crippen molar-refractivity contribution in [3.63, 3.8) is 0 Å². The lowest BCUT2D eigenvalue weighted by atomic mass is 9.94. The molecule has 0 radical (unpaired) electrons. The van der Waals surface area contributed by atoms with E-state index in [1.54, 1.807) is 0 Å². The summed E-state index contributed by atoms with van der Waals surface area (Å²) in [6, 6.07) is 7.49. The molecule has 1 aromatic rings. The summed E-state index contributed by atoms with van der Waals surface area (Å²) in [7, 11) is 0. The summed E-state index contributed by atoms with van der Waals surface area (Å²) < 4.78 is 0. The highest BCUT2D eigenvalue weighted by atomic mass is 16.3. The Balaban J connectivity index is 1.90. The number of nitrogens with one attached hydrogen (secondary N) is 1. The van der Waals surface area contributed by atoms with Gasteiger partial charge in [-0.2, -0.15) is 0 Å². The first-order valence-corrected chi connectivity index (χ1v) is 7.16. The Hall–Kier alpha value is -1.35. The molecule has 0 saturated heterocycles. The van der Waals surface area contributed by atoms with Crippen LogP contribution in [0.4, 0.5) is 0 Å². The SMILES string of the molecule is Cc1ccc(C(=O)NCC2(O)CCCCCC2)cc1. The van der Waals surface area contributed by atoms with Crippen LogP contribution in [-0.2, 0) is 0 Å². The zero-order valence-corrected chi connectivity index (χ0v) is 11.6. The third-order valence-electron chi connectivity index (χ3n) is 3.93. The van der Waals surface area contributed by atoms with Crippen molar-refractivity contribution in [3.8, 4) is 0 Å². The second-order valence-electron chi connectivity index (χ2n) is 5.69. The van der Waals surface area contributed by atoms with Crippen LogP contribution in [-0.4, -0.2) is 23.2 Å². The number of benzene rings is 1. The molecule has 1 aliphatic carbocycles. The van der Waals surface area contributed by atoms with E-state index in [1.807, 2.05) is 31.2 Å². The van der Waals surface area contributed by atoms with Crippen LogP contribution in [0.2, 0.25) is 0 Å². The minimum absolute atomic E-state index is 0.0994. The average molecular weight is 261 g/mol. The van der Waals surface area contributed by atoms with Crippen molar-refractivity contribution < 1.29 is 9.90 Å². The first-order chi connectivity index (χ1) is 9.09. The lowest BCUT2D eigenvalue weighted by Gasteiger charge is -2.26. The standard InChI is InChI=1S/C16H23NO2/c1-13-6-8-14(9-7-13)15(18)17-12-16(19)10-4-2-3-5-11-16/h6-9,19H,2-5,10-12H2,1H3,(H,17,18). The Labute approximate surface area is 115 Å². The van der Waals surface area contributed by atoms with Gasteiger partial charge in [0, 0.05) is 12.1 Å². The Morgan fingerprint density at radius 2 is 1.74 bits per heavy atom.